The van der Waals surface area contributed by atoms with Gasteiger partial charge in [-0.2, -0.15) is 4.31 Å². The van der Waals surface area contributed by atoms with E-state index >= 15 is 0 Å². The monoisotopic (exact) mass is 300 g/mol. The number of nitrogens with zero attached hydrogens (tertiary/aromatic N) is 1. The normalized spacial score (nSPS) is 20.2. The molecule has 2 saturated carbocycles. The molecule has 0 aliphatic heterocycles. The van der Waals surface area contributed by atoms with Crippen LogP contribution in [0.2, 0.25) is 0 Å². The van der Waals surface area contributed by atoms with Crippen molar-refractivity contribution in [2.24, 2.45) is 11.7 Å². The third-order valence-corrected chi connectivity index (χ3v) is 7.46. The SMILES string of the molecule is Cc1cc(S(=O)(=O)N(CC2CC2)C2CC2)sc1CN. The van der Waals surface area contributed by atoms with Gasteiger partial charge in [0.25, 0.3) is 10.0 Å². The molecule has 2 aliphatic rings. The lowest BCUT2D eigenvalue weighted by atomic mass is 10.3. The Morgan fingerprint density at radius 1 is 1.37 bits per heavy atom. The first-order valence-corrected chi connectivity index (χ1v) is 9.09. The first kappa shape index (κ1) is 13.5. The minimum atomic E-state index is -3.31. The van der Waals surface area contributed by atoms with Gasteiger partial charge in [-0.3, -0.25) is 0 Å². The minimum absolute atomic E-state index is 0.245. The van der Waals surface area contributed by atoms with E-state index in [1.165, 1.54) is 24.2 Å². The van der Waals surface area contributed by atoms with E-state index in [0.717, 1.165) is 23.3 Å². The Kier molecular flexibility index (Phi) is 3.45. The molecule has 0 atom stereocenters. The molecule has 19 heavy (non-hydrogen) atoms. The summed E-state index contributed by atoms with van der Waals surface area (Å²) in [5.74, 6) is 0.588. The lowest BCUT2D eigenvalue weighted by Crippen LogP contribution is -2.34. The van der Waals surface area contributed by atoms with E-state index in [1.807, 2.05) is 6.92 Å². The van der Waals surface area contributed by atoms with Crippen LogP contribution in [-0.2, 0) is 16.6 Å². The molecule has 0 amide bonds. The van der Waals surface area contributed by atoms with Crippen molar-refractivity contribution in [1.29, 1.82) is 0 Å². The van der Waals surface area contributed by atoms with Crippen molar-refractivity contribution in [3.8, 4) is 0 Å². The molecule has 0 radical (unpaired) electrons. The summed E-state index contributed by atoms with van der Waals surface area (Å²) in [6.07, 6.45) is 4.38. The van der Waals surface area contributed by atoms with E-state index in [9.17, 15) is 8.42 Å². The number of aryl methyl sites for hydroxylation is 1. The van der Waals surface area contributed by atoms with Crippen molar-refractivity contribution in [2.75, 3.05) is 6.54 Å². The maximum Gasteiger partial charge on any atom is 0.252 e. The summed E-state index contributed by atoms with van der Waals surface area (Å²) in [5.41, 5.74) is 6.64. The van der Waals surface area contributed by atoms with E-state index < -0.39 is 10.0 Å². The Bertz CT molecular complexity index is 571. The molecule has 1 heterocycles. The third kappa shape index (κ3) is 2.72. The van der Waals surface area contributed by atoms with Gasteiger partial charge < -0.3 is 5.73 Å². The highest BCUT2D eigenvalue weighted by molar-refractivity contribution is 7.91. The second-order valence-corrected chi connectivity index (χ2v) is 8.88. The van der Waals surface area contributed by atoms with Crippen molar-refractivity contribution in [1.82, 2.24) is 4.31 Å². The lowest BCUT2D eigenvalue weighted by molar-refractivity contribution is 0.390. The van der Waals surface area contributed by atoms with Gasteiger partial charge in [0.2, 0.25) is 0 Å². The predicted molar refractivity (Wildman–Crippen MR) is 76.6 cm³/mol. The highest BCUT2D eigenvalue weighted by Crippen LogP contribution is 2.39. The molecule has 0 unspecified atom stereocenters. The van der Waals surface area contributed by atoms with E-state index in [-0.39, 0.29) is 6.04 Å². The highest BCUT2D eigenvalue weighted by Gasteiger charge is 2.41. The van der Waals surface area contributed by atoms with Gasteiger partial charge in [0.05, 0.1) is 0 Å². The van der Waals surface area contributed by atoms with Crippen LogP contribution < -0.4 is 5.73 Å². The minimum Gasteiger partial charge on any atom is -0.326 e. The summed E-state index contributed by atoms with van der Waals surface area (Å²) >= 11 is 1.33. The maximum atomic E-state index is 12.8. The van der Waals surface area contributed by atoms with Gasteiger partial charge in [-0.25, -0.2) is 8.42 Å². The van der Waals surface area contributed by atoms with Crippen LogP contribution in [0.5, 0.6) is 0 Å². The van der Waals surface area contributed by atoms with E-state index in [2.05, 4.69) is 0 Å². The number of rotatable bonds is 6. The van der Waals surface area contributed by atoms with Crippen LogP contribution in [0.15, 0.2) is 10.3 Å². The van der Waals surface area contributed by atoms with Crippen LogP contribution in [0, 0.1) is 12.8 Å². The van der Waals surface area contributed by atoms with Crippen molar-refractivity contribution in [2.45, 2.75) is 49.4 Å². The summed E-state index contributed by atoms with van der Waals surface area (Å²) in [7, 11) is -3.31. The van der Waals surface area contributed by atoms with Crippen molar-refractivity contribution in [3.05, 3.63) is 16.5 Å². The van der Waals surface area contributed by atoms with Crippen LogP contribution in [-0.4, -0.2) is 25.3 Å². The molecule has 0 aromatic carbocycles. The molecule has 0 saturated heterocycles. The number of nitrogens with two attached hydrogens (primary N) is 1. The first-order valence-electron chi connectivity index (χ1n) is 6.83. The molecule has 2 N–H and O–H groups in total. The fourth-order valence-corrected chi connectivity index (χ4v) is 5.65. The molecule has 1 aromatic rings. The van der Waals surface area contributed by atoms with Crippen molar-refractivity contribution >= 4 is 21.4 Å². The third-order valence-electron chi connectivity index (χ3n) is 3.84. The zero-order valence-corrected chi connectivity index (χ0v) is 12.8. The topological polar surface area (TPSA) is 63.4 Å². The highest BCUT2D eigenvalue weighted by atomic mass is 32.2. The van der Waals surface area contributed by atoms with E-state index in [4.69, 9.17) is 5.73 Å². The fourth-order valence-electron chi connectivity index (χ4n) is 2.29. The molecule has 0 spiro atoms. The van der Waals surface area contributed by atoms with E-state index in [1.54, 1.807) is 10.4 Å². The molecule has 4 nitrogen and oxygen atoms in total. The molecule has 0 bridgehead atoms. The zero-order valence-electron chi connectivity index (χ0n) is 11.1. The molecular weight excluding hydrogens is 280 g/mol. The second kappa shape index (κ2) is 4.84. The van der Waals surface area contributed by atoms with Gasteiger partial charge in [0.15, 0.2) is 0 Å². The Hall–Kier alpha value is -0.430. The number of hydrogen-bond acceptors (Lipinski definition) is 4. The Morgan fingerprint density at radius 3 is 2.53 bits per heavy atom. The van der Waals surface area contributed by atoms with Gasteiger partial charge in [-0.05, 0) is 50.2 Å². The largest absolute Gasteiger partial charge is 0.326 e. The van der Waals surface area contributed by atoms with Crippen LogP contribution in [0.4, 0.5) is 0 Å². The molecular formula is C13H20N2O2S2. The summed E-state index contributed by atoms with van der Waals surface area (Å²) in [6.45, 7) is 3.06. The quantitative estimate of drug-likeness (QED) is 0.875. The van der Waals surface area contributed by atoms with Gasteiger partial charge in [-0.1, -0.05) is 0 Å². The first-order chi connectivity index (χ1) is 9.02. The van der Waals surface area contributed by atoms with Gasteiger partial charge in [0.1, 0.15) is 4.21 Å². The number of hydrogen-bond donors (Lipinski definition) is 1. The fraction of sp³-hybridized carbons (Fsp3) is 0.692. The molecule has 2 aliphatic carbocycles. The summed E-state index contributed by atoms with van der Waals surface area (Å²) in [4.78, 5) is 0.973. The smallest absolute Gasteiger partial charge is 0.252 e. The summed E-state index contributed by atoms with van der Waals surface area (Å²) in [6, 6.07) is 2.03. The lowest BCUT2D eigenvalue weighted by Gasteiger charge is -2.20. The summed E-state index contributed by atoms with van der Waals surface area (Å²) < 4.78 is 27.7. The Morgan fingerprint density at radius 2 is 2.05 bits per heavy atom. The van der Waals surface area contributed by atoms with Crippen LogP contribution in [0.3, 0.4) is 0 Å². The molecule has 1 aromatic heterocycles. The van der Waals surface area contributed by atoms with Crippen LogP contribution >= 0.6 is 11.3 Å². The summed E-state index contributed by atoms with van der Waals surface area (Å²) in [5, 5.41) is 0. The van der Waals surface area contributed by atoms with Gasteiger partial charge in [-0.15, -0.1) is 11.3 Å². The van der Waals surface area contributed by atoms with Gasteiger partial charge in [0, 0.05) is 24.0 Å². The van der Waals surface area contributed by atoms with Crippen LogP contribution in [0.1, 0.15) is 36.1 Å². The Balaban J connectivity index is 1.89. The predicted octanol–water partition coefficient (Wildman–Crippen LogP) is 2.08. The molecule has 3 rings (SSSR count). The number of sulfonamides is 1. The molecule has 6 heteroatoms. The molecule has 106 valence electrons. The van der Waals surface area contributed by atoms with Crippen LogP contribution in [0.25, 0.3) is 0 Å². The van der Waals surface area contributed by atoms with Crippen molar-refractivity contribution in [3.63, 3.8) is 0 Å². The molecule has 2 fully saturated rings. The van der Waals surface area contributed by atoms with Crippen molar-refractivity contribution < 1.29 is 8.42 Å². The Labute approximate surface area is 118 Å². The average molecular weight is 300 g/mol. The number of thiophene rings is 1. The average Bonchev–Trinajstić information content (AvgIpc) is 3.24. The standard InChI is InChI=1S/C13H20N2O2S2/c1-9-6-13(18-12(9)7-14)19(16,17)15(11-4-5-11)8-10-2-3-10/h6,10-11H,2-5,7-8,14H2,1H3. The second-order valence-electron chi connectivity index (χ2n) is 5.63. The van der Waals surface area contributed by atoms with Gasteiger partial charge >= 0.3 is 0 Å². The maximum absolute atomic E-state index is 12.8. The zero-order chi connectivity index (χ0) is 13.6. The van der Waals surface area contributed by atoms with E-state index in [0.29, 0.717) is 23.2 Å².